The van der Waals surface area contributed by atoms with Crippen molar-refractivity contribution in [3.8, 4) is 0 Å². The number of thiophene rings is 1. The Morgan fingerprint density at radius 1 is 1.57 bits per heavy atom. The van der Waals surface area contributed by atoms with E-state index in [1.165, 1.54) is 4.88 Å². The lowest BCUT2D eigenvalue weighted by atomic mass is 9.83. The molecule has 1 amide bonds. The molecule has 23 heavy (non-hydrogen) atoms. The zero-order valence-corrected chi connectivity index (χ0v) is 14.5. The molecule has 0 aromatic carbocycles. The van der Waals surface area contributed by atoms with E-state index in [4.69, 9.17) is 9.47 Å². The van der Waals surface area contributed by atoms with Gasteiger partial charge >= 0.3 is 0 Å². The number of nitrogens with one attached hydrogen (secondary N) is 1. The van der Waals surface area contributed by atoms with Crippen LogP contribution in [0, 0.1) is 11.8 Å². The van der Waals surface area contributed by atoms with Crippen LogP contribution in [0.4, 0.5) is 0 Å². The molecule has 2 aliphatic heterocycles. The first-order valence-electron chi connectivity index (χ1n) is 8.39. The average molecular weight is 338 g/mol. The highest BCUT2D eigenvalue weighted by atomic mass is 32.1. The number of rotatable bonds is 6. The number of hydrogen-bond donors (Lipinski definition) is 1. The molecule has 3 rings (SSSR count). The SMILES string of the molecule is COCCNC(=O)[C@H]1CO[C@H]2CCN(Cc3cccs3)C[C@H]2C1. The fourth-order valence-electron chi connectivity index (χ4n) is 3.57. The standard InChI is InChI=1S/C17H26N2O3S/c1-21-7-5-18-17(20)14-9-13-10-19(6-4-16(13)22-12-14)11-15-3-2-8-23-15/h2-3,8,13-14,16H,4-7,9-12H2,1H3,(H,18,20)/t13-,14-,16+/m1/s1. The van der Waals surface area contributed by atoms with Crippen molar-refractivity contribution in [3.05, 3.63) is 22.4 Å². The Balaban J connectivity index is 1.50. The van der Waals surface area contributed by atoms with Crippen molar-refractivity contribution < 1.29 is 14.3 Å². The number of fused-ring (bicyclic) bond motifs is 1. The molecule has 1 aromatic heterocycles. The molecule has 2 aliphatic rings. The van der Waals surface area contributed by atoms with Crippen LogP contribution in [-0.4, -0.2) is 56.9 Å². The summed E-state index contributed by atoms with van der Waals surface area (Å²) in [6.07, 6.45) is 2.34. The van der Waals surface area contributed by atoms with Crippen LogP contribution < -0.4 is 5.32 Å². The van der Waals surface area contributed by atoms with Gasteiger partial charge in [-0.1, -0.05) is 6.07 Å². The normalized spacial score (nSPS) is 28.3. The second-order valence-electron chi connectivity index (χ2n) is 6.45. The molecular formula is C17H26N2O3S. The number of carbonyl (C=O) groups is 1. The second-order valence-corrected chi connectivity index (χ2v) is 7.48. The van der Waals surface area contributed by atoms with Crippen molar-refractivity contribution in [1.29, 1.82) is 0 Å². The Kier molecular flexibility index (Phi) is 6.05. The Morgan fingerprint density at radius 3 is 3.26 bits per heavy atom. The zero-order valence-electron chi connectivity index (χ0n) is 13.7. The van der Waals surface area contributed by atoms with Gasteiger partial charge in [-0.2, -0.15) is 0 Å². The third kappa shape index (κ3) is 4.53. The van der Waals surface area contributed by atoms with Crippen LogP contribution in [0.25, 0.3) is 0 Å². The maximum Gasteiger partial charge on any atom is 0.225 e. The van der Waals surface area contributed by atoms with E-state index in [-0.39, 0.29) is 11.8 Å². The number of nitrogens with zero attached hydrogens (tertiary/aromatic N) is 1. The van der Waals surface area contributed by atoms with E-state index in [1.807, 2.05) is 11.3 Å². The highest BCUT2D eigenvalue weighted by molar-refractivity contribution is 7.09. The molecular weight excluding hydrogens is 312 g/mol. The third-order valence-corrected chi connectivity index (χ3v) is 5.64. The van der Waals surface area contributed by atoms with E-state index < -0.39 is 0 Å². The highest BCUT2D eigenvalue weighted by Gasteiger charge is 2.38. The second kappa shape index (κ2) is 8.24. The molecule has 0 radical (unpaired) electrons. The summed E-state index contributed by atoms with van der Waals surface area (Å²) in [5, 5.41) is 5.07. The molecule has 0 bridgehead atoms. The third-order valence-electron chi connectivity index (χ3n) is 4.78. The summed E-state index contributed by atoms with van der Waals surface area (Å²) in [6.45, 7) is 4.83. The molecule has 1 aromatic rings. The van der Waals surface area contributed by atoms with Crippen molar-refractivity contribution in [2.75, 3.05) is 40.0 Å². The monoisotopic (exact) mass is 338 g/mol. The Morgan fingerprint density at radius 2 is 2.48 bits per heavy atom. The number of methoxy groups -OCH3 is 1. The van der Waals surface area contributed by atoms with Crippen molar-refractivity contribution in [3.63, 3.8) is 0 Å². The van der Waals surface area contributed by atoms with E-state index >= 15 is 0 Å². The predicted molar refractivity (Wildman–Crippen MR) is 90.4 cm³/mol. The maximum absolute atomic E-state index is 12.2. The fraction of sp³-hybridized carbons (Fsp3) is 0.706. The highest BCUT2D eigenvalue weighted by Crippen LogP contribution is 2.32. The van der Waals surface area contributed by atoms with Gasteiger partial charge in [0.1, 0.15) is 0 Å². The lowest BCUT2D eigenvalue weighted by Crippen LogP contribution is -2.50. The fourth-order valence-corrected chi connectivity index (χ4v) is 4.32. The summed E-state index contributed by atoms with van der Waals surface area (Å²) in [7, 11) is 1.64. The minimum Gasteiger partial charge on any atom is -0.383 e. The molecule has 2 saturated heterocycles. The van der Waals surface area contributed by atoms with Crippen molar-refractivity contribution >= 4 is 17.2 Å². The van der Waals surface area contributed by atoms with E-state index in [0.717, 1.165) is 32.5 Å². The number of carbonyl (C=O) groups excluding carboxylic acids is 1. The van der Waals surface area contributed by atoms with Crippen molar-refractivity contribution in [2.45, 2.75) is 25.5 Å². The number of amides is 1. The Labute approximate surface area is 142 Å². The average Bonchev–Trinajstić information content (AvgIpc) is 3.07. The van der Waals surface area contributed by atoms with Gasteiger partial charge in [-0.3, -0.25) is 9.69 Å². The summed E-state index contributed by atoms with van der Waals surface area (Å²) < 4.78 is 11.0. The van der Waals surface area contributed by atoms with Crippen molar-refractivity contribution in [2.24, 2.45) is 11.8 Å². The smallest absolute Gasteiger partial charge is 0.225 e. The zero-order chi connectivity index (χ0) is 16.1. The topological polar surface area (TPSA) is 50.8 Å². The number of hydrogen-bond acceptors (Lipinski definition) is 5. The first-order chi connectivity index (χ1) is 11.3. The predicted octanol–water partition coefficient (Wildman–Crippen LogP) is 1.74. The summed E-state index contributed by atoms with van der Waals surface area (Å²) in [5.74, 6) is 0.557. The molecule has 5 nitrogen and oxygen atoms in total. The molecule has 0 spiro atoms. The molecule has 3 heterocycles. The van der Waals surface area contributed by atoms with Gasteiger partial charge in [-0.05, 0) is 30.2 Å². The van der Waals surface area contributed by atoms with Crippen LogP contribution in [0.5, 0.6) is 0 Å². The lowest BCUT2D eigenvalue weighted by Gasteiger charge is -2.43. The van der Waals surface area contributed by atoms with Crippen LogP contribution >= 0.6 is 11.3 Å². The minimum absolute atomic E-state index is 0.0187. The largest absolute Gasteiger partial charge is 0.383 e. The van der Waals surface area contributed by atoms with Gasteiger partial charge in [0, 0.05) is 38.2 Å². The molecule has 0 unspecified atom stereocenters. The summed E-state index contributed by atoms with van der Waals surface area (Å²) in [6, 6.07) is 4.30. The molecule has 2 fully saturated rings. The van der Waals surface area contributed by atoms with Crippen molar-refractivity contribution in [1.82, 2.24) is 10.2 Å². The maximum atomic E-state index is 12.2. The summed E-state index contributed by atoms with van der Waals surface area (Å²) in [4.78, 5) is 16.1. The van der Waals surface area contributed by atoms with Crippen LogP contribution in [0.1, 0.15) is 17.7 Å². The first-order valence-corrected chi connectivity index (χ1v) is 9.27. The van der Waals surface area contributed by atoms with E-state index in [0.29, 0.717) is 31.8 Å². The number of ether oxygens (including phenoxy) is 2. The molecule has 0 aliphatic carbocycles. The minimum atomic E-state index is -0.0187. The van der Waals surface area contributed by atoms with E-state index in [9.17, 15) is 4.79 Å². The molecule has 0 saturated carbocycles. The molecule has 1 N–H and O–H groups in total. The van der Waals surface area contributed by atoms with Crippen LogP contribution in [-0.2, 0) is 20.8 Å². The van der Waals surface area contributed by atoms with Gasteiger partial charge in [0.2, 0.25) is 5.91 Å². The van der Waals surface area contributed by atoms with Gasteiger partial charge in [0.15, 0.2) is 0 Å². The quantitative estimate of drug-likeness (QED) is 0.803. The number of piperidine rings is 1. The first kappa shape index (κ1) is 16.9. The van der Waals surface area contributed by atoms with Gasteiger partial charge in [-0.25, -0.2) is 0 Å². The van der Waals surface area contributed by atoms with Gasteiger partial charge < -0.3 is 14.8 Å². The Hall–Kier alpha value is -0.950. The lowest BCUT2D eigenvalue weighted by molar-refractivity contribution is -0.139. The van der Waals surface area contributed by atoms with Crippen LogP contribution in [0.15, 0.2) is 17.5 Å². The summed E-state index contributed by atoms with van der Waals surface area (Å²) >= 11 is 1.81. The molecule has 128 valence electrons. The van der Waals surface area contributed by atoms with Gasteiger partial charge in [0.05, 0.1) is 25.2 Å². The van der Waals surface area contributed by atoms with E-state index in [1.54, 1.807) is 7.11 Å². The van der Waals surface area contributed by atoms with E-state index in [2.05, 4.69) is 27.7 Å². The van der Waals surface area contributed by atoms with Crippen LogP contribution in [0.3, 0.4) is 0 Å². The van der Waals surface area contributed by atoms with Crippen LogP contribution in [0.2, 0.25) is 0 Å². The summed E-state index contributed by atoms with van der Waals surface area (Å²) in [5.41, 5.74) is 0. The molecule has 6 heteroatoms. The van der Waals surface area contributed by atoms with Gasteiger partial charge in [0.25, 0.3) is 0 Å². The Bertz CT molecular complexity index is 494. The van der Waals surface area contributed by atoms with Gasteiger partial charge in [-0.15, -0.1) is 11.3 Å². The molecule has 3 atom stereocenters. The number of likely N-dealkylation sites (tertiary alicyclic amines) is 1.